The molecule has 2 aromatic rings. The highest BCUT2D eigenvalue weighted by Crippen LogP contribution is 2.37. The van der Waals surface area contributed by atoms with Crippen molar-refractivity contribution in [2.45, 2.75) is 58.6 Å². The highest BCUT2D eigenvalue weighted by atomic mass is 16.7. The molecule has 218 valence electrons. The van der Waals surface area contributed by atoms with Crippen LogP contribution in [0.25, 0.3) is 0 Å². The van der Waals surface area contributed by atoms with Crippen molar-refractivity contribution in [3.05, 3.63) is 54.1 Å². The van der Waals surface area contributed by atoms with E-state index in [2.05, 4.69) is 0 Å². The van der Waals surface area contributed by atoms with E-state index in [1.807, 2.05) is 0 Å². The Balaban J connectivity index is 2.36. The molecular formula is C28H35NO11. The van der Waals surface area contributed by atoms with Gasteiger partial charge < -0.3 is 39.3 Å². The van der Waals surface area contributed by atoms with Crippen molar-refractivity contribution < 1.29 is 52.7 Å². The lowest BCUT2D eigenvalue weighted by Gasteiger charge is -2.31. The Hall–Kier alpha value is -4.32. The molecule has 0 bridgehead atoms. The summed E-state index contributed by atoms with van der Waals surface area (Å²) in [6.45, 7) is 7.02. The van der Waals surface area contributed by atoms with Crippen LogP contribution in [0.5, 0.6) is 17.2 Å². The molecule has 0 fully saturated rings. The average molecular weight is 562 g/mol. The number of ether oxygens (including phenoxy) is 6. The lowest BCUT2D eigenvalue weighted by molar-refractivity contribution is -0.139. The first kappa shape index (κ1) is 31.9. The first-order chi connectivity index (χ1) is 19.1. The van der Waals surface area contributed by atoms with E-state index in [-0.39, 0.29) is 30.5 Å². The number of hydrogen-bond donors (Lipinski definition) is 2. The fourth-order valence-electron chi connectivity index (χ4n) is 3.66. The second-order valence-corrected chi connectivity index (χ2v) is 8.84. The van der Waals surface area contributed by atoms with Gasteiger partial charge in [-0.05, 0) is 49.6 Å². The normalized spacial score (nSPS) is 13.6. The van der Waals surface area contributed by atoms with E-state index in [1.165, 1.54) is 18.2 Å². The molecule has 0 amide bonds. The Bertz CT molecular complexity index is 1140. The predicted molar refractivity (Wildman–Crippen MR) is 142 cm³/mol. The minimum absolute atomic E-state index is 0.0880. The van der Waals surface area contributed by atoms with Crippen molar-refractivity contribution in [1.82, 2.24) is 0 Å². The zero-order valence-electron chi connectivity index (χ0n) is 22.9. The number of hydrogen-bond acceptors (Lipinski definition) is 11. The van der Waals surface area contributed by atoms with Gasteiger partial charge in [0.25, 0.3) is 0 Å². The molecule has 0 saturated carbocycles. The second kappa shape index (κ2) is 15.9. The van der Waals surface area contributed by atoms with Gasteiger partial charge in [0, 0.05) is 11.8 Å². The summed E-state index contributed by atoms with van der Waals surface area (Å²) in [7, 11) is 0. The summed E-state index contributed by atoms with van der Waals surface area (Å²) in [4.78, 5) is 48.6. The molecule has 0 saturated heterocycles. The van der Waals surface area contributed by atoms with E-state index in [9.17, 15) is 24.3 Å². The number of carbonyl (C=O) groups excluding carboxylic acids is 3. The molecule has 2 aromatic carbocycles. The number of carboxylic acids is 1. The monoisotopic (exact) mass is 561 g/mol. The third-order valence-corrected chi connectivity index (χ3v) is 5.79. The largest absolute Gasteiger partial charge is 0.514 e. The quantitative estimate of drug-likeness (QED) is 0.185. The number of rotatable bonds is 13. The number of aliphatic carboxylic acids is 1. The summed E-state index contributed by atoms with van der Waals surface area (Å²) in [6.07, 6.45) is -2.81. The van der Waals surface area contributed by atoms with Crippen LogP contribution in [-0.2, 0) is 19.0 Å². The van der Waals surface area contributed by atoms with Gasteiger partial charge in [0.2, 0.25) is 0 Å². The lowest BCUT2D eigenvalue weighted by Crippen LogP contribution is -2.43. The van der Waals surface area contributed by atoms with Crippen molar-refractivity contribution in [2.75, 3.05) is 13.2 Å². The first-order valence-electron chi connectivity index (χ1n) is 12.8. The van der Waals surface area contributed by atoms with Gasteiger partial charge in [-0.15, -0.1) is 0 Å². The lowest BCUT2D eigenvalue weighted by atomic mass is 9.79. The molecule has 0 aliphatic heterocycles. The maximum Gasteiger partial charge on any atom is 0.514 e. The molecule has 2 rings (SSSR count). The van der Waals surface area contributed by atoms with E-state index in [0.717, 1.165) is 0 Å². The molecular weight excluding hydrogens is 526 g/mol. The van der Waals surface area contributed by atoms with Gasteiger partial charge in [0.1, 0.15) is 17.9 Å². The number of carbonyl (C=O) groups is 4. The molecule has 4 atom stereocenters. The Morgan fingerprint density at radius 3 is 1.93 bits per heavy atom. The van der Waals surface area contributed by atoms with E-state index >= 15 is 0 Å². The van der Waals surface area contributed by atoms with Gasteiger partial charge in [-0.1, -0.05) is 45.0 Å². The van der Waals surface area contributed by atoms with Gasteiger partial charge in [0.15, 0.2) is 11.5 Å². The minimum atomic E-state index is -1.45. The van der Waals surface area contributed by atoms with Crippen LogP contribution < -0.4 is 19.9 Å². The Labute approximate surface area is 232 Å². The highest BCUT2D eigenvalue weighted by molar-refractivity contribution is 5.75. The van der Waals surface area contributed by atoms with Crippen molar-refractivity contribution in [3.63, 3.8) is 0 Å². The van der Waals surface area contributed by atoms with Crippen LogP contribution >= 0.6 is 0 Å². The summed E-state index contributed by atoms with van der Waals surface area (Å²) in [6, 6.07) is 10.9. The van der Waals surface area contributed by atoms with Crippen LogP contribution in [0.15, 0.2) is 48.5 Å². The van der Waals surface area contributed by atoms with E-state index < -0.39 is 48.4 Å². The number of nitrogens with two attached hydrogens (primary N) is 1. The second-order valence-electron chi connectivity index (χ2n) is 8.84. The Kier molecular flexibility index (Phi) is 12.7. The summed E-state index contributed by atoms with van der Waals surface area (Å²) >= 11 is 0. The number of benzene rings is 2. The number of carboxylic acid groups (broad SMARTS) is 1. The average Bonchev–Trinajstić information content (AvgIpc) is 2.92. The van der Waals surface area contributed by atoms with Crippen molar-refractivity contribution in [3.8, 4) is 17.2 Å². The van der Waals surface area contributed by atoms with Crippen molar-refractivity contribution in [2.24, 2.45) is 11.7 Å². The van der Waals surface area contributed by atoms with E-state index in [0.29, 0.717) is 18.4 Å². The summed E-state index contributed by atoms with van der Waals surface area (Å²) in [5, 5.41) is 9.74. The molecule has 40 heavy (non-hydrogen) atoms. The maximum atomic E-state index is 12.4. The molecule has 0 radical (unpaired) electrons. The third-order valence-electron chi connectivity index (χ3n) is 5.79. The molecule has 3 unspecified atom stereocenters. The third kappa shape index (κ3) is 9.77. The van der Waals surface area contributed by atoms with E-state index in [1.54, 1.807) is 58.0 Å². The Morgan fingerprint density at radius 2 is 1.38 bits per heavy atom. The van der Waals surface area contributed by atoms with Crippen LogP contribution in [-0.4, -0.2) is 54.9 Å². The van der Waals surface area contributed by atoms with Crippen molar-refractivity contribution >= 4 is 24.4 Å². The van der Waals surface area contributed by atoms with Gasteiger partial charge in [-0.2, -0.15) is 0 Å². The van der Waals surface area contributed by atoms with Crippen molar-refractivity contribution in [1.29, 1.82) is 0 Å². The van der Waals surface area contributed by atoms with Crippen LogP contribution in [0.1, 0.15) is 52.0 Å². The van der Waals surface area contributed by atoms with Crippen LogP contribution in [0.3, 0.4) is 0 Å². The van der Waals surface area contributed by atoms with Crippen LogP contribution in [0.2, 0.25) is 0 Å². The molecule has 0 aliphatic rings. The Morgan fingerprint density at radius 1 is 0.800 bits per heavy atom. The molecule has 0 heterocycles. The molecule has 0 spiro atoms. The zero-order valence-corrected chi connectivity index (χ0v) is 22.9. The summed E-state index contributed by atoms with van der Waals surface area (Å²) < 4.78 is 30.9. The van der Waals surface area contributed by atoms with Crippen LogP contribution in [0.4, 0.5) is 14.4 Å². The topological polar surface area (TPSA) is 170 Å². The smallest absolute Gasteiger partial charge is 0.480 e. The first-order valence-corrected chi connectivity index (χ1v) is 12.8. The predicted octanol–water partition coefficient (Wildman–Crippen LogP) is 5.27. The zero-order chi connectivity index (χ0) is 29.7. The van der Waals surface area contributed by atoms with E-state index in [4.69, 9.17) is 34.2 Å². The van der Waals surface area contributed by atoms with Gasteiger partial charge in [-0.25, -0.2) is 14.4 Å². The number of para-hydroxylation sites is 1. The SMILES string of the molecule is CCCOC(=O)Oc1ccc(C(C(C)C(C)OC(=O)Oc2ccccc2)[C@H](N)C(=O)O)cc1OC(=O)OCCC. The molecule has 12 nitrogen and oxygen atoms in total. The fourth-order valence-corrected chi connectivity index (χ4v) is 3.66. The molecule has 0 aliphatic carbocycles. The molecule has 0 aromatic heterocycles. The summed E-state index contributed by atoms with van der Waals surface area (Å²) in [5.41, 5.74) is 6.37. The van der Waals surface area contributed by atoms with Crippen LogP contribution in [0, 0.1) is 5.92 Å². The molecule has 12 heteroatoms. The highest BCUT2D eigenvalue weighted by Gasteiger charge is 2.36. The van der Waals surface area contributed by atoms with Gasteiger partial charge >= 0.3 is 24.4 Å². The standard InChI is InChI=1S/C28H35NO11/c1-5-14-35-26(32)39-21-13-12-19(16-22(21)40-27(33)36-15-6-2)23(24(29)25(30)31)17(3)18(4)37-28(34)38-20-10-8-7-9-11-20/h7-13,16-18,23-24H,5-6,14-15,29H2,1-4H3,(H,30,31)/t17?,18?,23?,24-/m0/s1. The maximum absolute atomic E-state index is 12.4. The fraction of sp³-hybridized carbons (Fsp3) is 0.429. The van der Waals surface area contributed by atoms with Gasteiger partial charge in [-0.3, -0.25) is 4.79 Å². The summed E-state index contributed by atoms with van der Waals surface area (Å²) in [5.74, 6) is -3.05. The minimum Gasteiger partial charge on any atom is -0.480 e. The molecule has 3 N–H and O–H groups in total. The van der Waals surface area contributed by atoms with Gasteiger partial charge in [0.05, 0.1) is 13.2 Å².